The quantitative estimate of drug-likeness (QED) is 0.761. The Bertz CT molecular complexity index is 451. The minimum atomic E-state index is 0.277. The lowest BCUT2D eigenvalue weighted by molar-refractivity contribution is 0.477. The first kappa shape index (κ1) is 10.1. The van der Waals surface area contributed by atoms with Crippen molar-refractivity contribution in [1.29, 1.82) is 0 Å². The summed E-state index contributed by atoms with van der Waals surface area (Å²) in [7, 11) is 0. The fourth-order valence-electron chi connectivity index (χ4n) is 1.64. The smallest absolute Gasteiger partial charge is 0.123 e. The largest absolute Gasteiger partial charge is 0.507 e. The molecule has 0 aliphatic rings. The van der Waals surface area contributed by atoms with E-state index in [9.17, 15) is 5.11 Å². The Morgan fingerprint density at radius 2 is 1.67 bits per heavy atom. The molecule has 2 rings (SSSR count). The van der Waals surface area contributed by atoms with Gasteiger partial charge in [0.15, 0.2) is 0 Å². The summed E-state index contributed by atoms with van der Waals surface area (Å²) in [5.74, 6) is 0.679. The van der Waals surface area contributed by atoms with Crippen LogP contribution in [0.4, 0.5) is 0 Å². The molecule has 0 radical (unpaired) electrons. The summed E-state index contributed by atoms with van der Waals surface area (Å²) in [4.78, 5) is 0. The highest BCUT2D eigenvalue weighted by atomic mass is 35.5. The molecule has 0 amide bonds. The van der Waals surface area contributed by atoms with E-state index in [1.165, 1.54) is 0 Å². The average Bonchev–Trinajstić information content (AvgIpc) is 2.29. The van der Waals surface area contributed by atoms with Crippen LogP contribution in [0.15, 0.2) is 48.5 Å². The summed E-state index contributed by atoms with van der Waals surface area (Å²) in [6, 6.07) is 15.2. The predicted molar refractivity (Wildman–Crippen MR) is 63.1 cm³/mol. The van der Waals surface area contributed by atoms with Crippen LogP contribution < -0.4 is 0 Å². The highest BCUT2D eigenvalue weighted by Crippen LogP contribution is 2.33. The number of rotatable bonds is 2. The second kappa shape index (κ2) is 4.37. The predicted octanol–water partition coefficient (Wildman–Crippen LogP) is 3.80. The molecule has 0 aliphatic heterocycles. The Morgan fingerprint density at radius 1 is 0.933 bits per heavy atom. The van der Waals surface area contributed by atoms with Crippen molar-refractivity contribution in [3.8, 4) is 16.9 Å². The van der Waals surface area contributed by atoms with Gasteiger partial charge in [-0.15, -0.1) is 11.6 Å². The maximum atomic E-state index is 9.82. The molecule has 0 bridgehead atoms. The van der Waals surface area contributed by atoms with E-state index in [4.69, 9.17) is 11.6 Å². The van der Waals surface area contributed by atoms with Crippen LogP contribution in [-0.4, -0.2) is 5.11 Å². The Labute approximate surface area is 94.0 Å². The molecule has 76 valence electrons. The van der Waals surface area contributed by atoms with E-state index >= 15 is 0 Å². The molecular weight excluding hydrogens is 208 g/mol. The van der Waals surface area contributed by atoms with E-state index in [1.807, 2.05) is 36.4 Å². The molecule has 2 aromatic rings. The molecule has 0 saturated carbocycles. The summed E-state index contributed by atoms with van der Waals surface area (Å²) in [5.41, 5.74) is 2.77. The van der Waals surface area contributed by atoms with Crippen LogP contribution in [-0.2, 0) is 5.88 Å². The van der Waals surface area contributed by atoms with Gasteiger partial charge in [0.05, 0.1) is 0 Å². The van der Waals surface area contributed by atoms with E-state index in [-0.39, 0.29) is 5.75 Å². The van der Waals surface area contributed by atoms with Crippen LogP contribution in [0.5, 0.6) is 5.75 Å². The lowest BCUT2D eigenvalue weighted by Crippen LogP contribution is -1.86. The minimum absolute atomic E-state index is 0.277. The summed E-state index contributed by atoms with van der Waals surface area (Å²) < 4.78 is 0. The number of benzene rings is 2. The lowest BCUT2D eigenvalue weighted by atomic mass is 10.00. The van der Waals surface area contributed by atoms with Crippen molar-refractivity contribution in [2.75, 3.05) is 0 Å². The molecule has 1 nitrogen and oxygen atoms in total. The van der Waals surface area contributed by atoms with Gasteiger partial charge in [-0.3, -0.25) is 0 Å². The van der Waals surface area contributed by atoms with Gasteiger partial charge in [-0.25, -0.2) is 0 Å². The van der Waals surface area contributed by atoms with Crippen molar-refractivity contribution >= 4 is 11.6 Å². The lowest BCUT2D eigenvalue weighted by Gasteiger charge is -2.09. The van der Waals surface area contributed by atoms with Crippen molar-refractivity contribution in [1.82, 2.24) is 0 Å². The number of alkyl halides is 1. The zero-order valence-electron chi connectivity index (χ0n) is 8.15. The molecule has 0 atom stereocenters. The minimum Gasteiger partial charge on any atom is -0.507 e. The molecule has 2 aromatic carbocycles. The van der Waals surface area contributed by atoms with Gasteiger partial charge < -0.3 is 5.11 Å². The molecule has 0 aromatic heterocycles. The molecule has 0 aliphatic carbocycles. The van der Waals surface area contributed by atoms with E-state index in [0.29, 0.717) is 5.88 Å². The molecule has 0 saturated heterocycles. The second-order valence-electron chi connectivity index (χ2n) is 3.31. The Hall–Kier alpha value is -1.47. The summed E-state index contributed by atoms with van der Waals surface area (Å²) in [5, 5.41) is 9.82. The van der Waals surface area contributed by atoms with Crippen LogP contribution in [0.3, 0.4) is 0 Å². The molecule has 0 unspecified atom stereocenters. The van der Waals surface area contributed by atoms with E-state index in [2.05, 4.69) is 0 Å². The maximum absolute atomic E-state index is 9.82. The Balaban J connectivity index is 2.61. The first-order chi connectivity index (χ1) is 7.33. The fraction of sp³-hybridized carbons (Fsp3) is 0.0769. The maximum Gasteiger partial charge on any atom is 0.123 e. The van der Waals surface area contributed by atoms with Crippen molar-refractivity contribution in [3.63, 3.8) is 0 Å². The van der Waals surface area contributed by atoms with E-state index < -0.39 is 0 Å². The molecule has 0 fully saturated rings. The topological polar surface area (TPSA) is 20.2 Å². The number of hydrogen-bond donors (Lipinski definition) is 1. The van der Waals surface area contributed by atoms with E-state index in [0.717, 1.165) is 16.7 Å². The zero-order valence-corrected chi connectivity index (χ0v) is 8.91. The van der Waals surface area contributed by atoms with Gasteiger partial charge in [0.1, 0.15) is 5.75 Å². The fourth-order valence-corrected chi connectivity index (χ4v) is 1.86. The third-order valence-corrected chi connectivity index (χ3v) is 2.62. The van der Waals surface area contributed by atoms with Crippen molar-refractivity contribution < 1.29 is 5.11 Å². The average molecular weight is 219 g/mol. The van der Waals surface area contributed by atoms with Crippen molar-refractivity contribution in [3.05, 3.63) is 54.1 Å². The summed E-state index contributed by atoms with van der Waals surface area (Å²) >= 11 is 5.84. The molecule has 15 heavy (non-hydrogen) atoms. The summed E-state index contributed by atoms with van der Waals surface area (Å²) in [6.07, 6.45) is 0. The molecule has 2 heteroatoms. The number of aromatic hydroxyl groups is 1. The van der Waals surface area contributed by atoms with Gasteiger partial charge in [0, 0.05) is 11.4 Å². The van der Waals surface area contributed by atoms with Gasteiger partial charge in [-0.1, -0.05) is 42.5 Å². The van der Waals surface area contributed by atoms with Crippen molar-refractivity contribution in [2.24, 2.45) is 0 Å². The number of halogens is 1. The van der Waals surface area contributed by atoms with Gasteiger partial charge in [0.25, 0.3) is 0 Å². The first-order valence-electron chi connectivity index (χ1n) is 4.75. The Kier molecular flexibility index (Phi) is 2.93. The van der Waals surface area contributed by atoms with Crippen molar-refractivity contribution in [2.45, 2.75) is 5.88 Å². The first-order valence-corrected chi connectivity index (χ1v) is 5.28. The zero-order chi connectivity index (χ0) is 10.7. The SMILES string of the molecule is Oc1cccc(CCl)c1-c1ccccc1. The number of phenols is 1. The van der Waals surface area contributed by atoms with Gasteiger partial charge in [-0.2, -0.15) is 0 Å². The van der Waals surface area contributed by atoms with Gasteiger partial charge >= 0.3 is 0 Å². The summed E-state index contributed by atoms with van der Waals surface area (Å²) in [6.45, 7) is 0. The molecular formula is C13H11ClO. The monoisotopic (exact) mass is 218 g/mol. The van der Waals surface area contributed by atoms with E-state index in [1.54, 1.807) is 12.1 Å². The number of hydrogen-bond acceptors (Lipinski definition) is 1. The molecule has 0 heterocycles. The normalized spacial score (nSPS) is 10.2. The van der Waals surface area contributed by atoms with Gasteiger partial charge in [-0.05, 0) is 17.2 Å². The number of phenolic OH excluding ortho intramolecular Hbond substituents is 1. The highest BCUT2D eigenvalue weighted by molar-refractivity contribution is 6.17. The second-order valence-corrected chi connectivity index (χ2v) is 3.58. The third-order valence-electron chi connectivity index (χ3n) is 2.34. The van der Waals surface area contributed by atoms with Gasteiger partial charge in [0.2, 0.25) is 0 Å². The molecule has 0 spiro atoms. The Morgan fingerprint density at radius 3 is 2.33 bits per heavy atom. The molecule has 1 N–H and O–H groups in total. The third kappa shape index (κ3) is 1.97. The van der Waals surface area contributed by atoms with Crippen LogP contribution in [0, 0.1) is 0 Å². The van der Waals surface area contributed by atoms with Crippen LogP contribution in [0.25, 0.3) is 11.1 Å². The van der Waals surface area contributed by atoms with Crippen LogP contribution in [0.1, 0.15) is 5.56 Å². The standard InChI is InChI=1S/C13H11ClO/c14-9-11-7-4-8-12(15)13(11)10-5-2-1-3-6-10/h1-8,15H,9H2. The van der Waals surface area contributed by atoms with Crippen LogP contribution in [0.2, 0.25) is 0 Å². The van der Waals surface area contributed by atoms with Crippen LogP contribution >= 0.6 is 11.6 Å². The highest BCUT2D eigenvalue weighted by Gasteiger charge is 2.08.